The zero-order valence-corrected chi connectivity index (χ0v) is 15.3. The number of halogens is 1. The molecule has 0 aromatic heterocycles. The number of likely N-dealkylation sites (tertiary alicyclic amines) is 1. The fourth-order valence-electron chi connectivity index (χ4n) is 3.08. The second-order valence-corrected chi connectivity index (χ2v) is 7.25. The smallest absolute Gasteiger partial charge is 0.185 e. The van der Waals surface area contributed by atoms with Gasteiger partial charge in [0.1, 0.15) is 0 Å². The molecule has 0 bridgehead atoms. The molecule has 2 nitrogen and oxygen atoms in total. The molecule has 2 aromatic carbocycles. The Labute approximate surface area is 152 Å². The second kappa shape index (κ2) is 8.41. The van der Waals surface area contributed by atoms with E-state index in [2.05, 4.69) is 57.2 Å². The maximum absolute atomic E-state index is 12.2. The number of benzene rings is 2. The van der Waals surface area contributed by atoms with Gasteiger partial charge in [-0.1, -0.05) is 52.3 Å². The first-order chi connectivity index (χ1) is 11.7. The zero-order chi connectivity index (χ0) is 16.8. The largest absolute Gasteiger partial charge is 0.299 e. The normalized spacial score (nSPS) is 16.5. The summed E-state index contributed by atoms with van der Waals surface area (Å²) in [7, 11) is 0. The lowest BCUT2D eigenvalue weighted by Crippen LogP contribution is -2.32. The average Bonchev–Trinajstić information content (AvgIpc) is 2.62. The average molecular weight is 384 g/mol. The van der Waals surface area contributed by atoms with Crippen LogP contribution < -0.4 is 0 Å². The van der Waals surface area contributed by atoms with E-state index in [1.54, 1.807) is 6.08 Å². The molecule has 1 saturated heterocycles. The van der Waals surface area contributed by atoms with Crippen molar-refractivity contribution in [1.29, 1.82) is 0 Å². The van der Waals surface area contributed by atoms with Gasteiger partial charge >= 0.3 is 0 Å². The Morgan fingerprint density at radius 2 is 1.71 bits per heavy atom. The van der Waals surface area contributed by atoms with Gasteiger partial charge in [-0.3, -0.25) is 9.69 Å². The van der Waals surface area contributed by atoms with Crippen molar-refractivity contribution in [3.63, 3.8) is 0 Å². The first-order valence-corrected chi connectivity index (χ1v) is 9.24. The maximum Gasteiger partial charge on any atom is 0.185 e. The van der Waals surface area contributed by atoms with Crippen LogP contribution in [0, 0.1) is 5.92 Å². The third-order valence-electron chi connectivity index (χ3n) is 4.53. The third-order valence-corrected chi connectivity index (χ3v) is 5.06. The van der Waals surface area contributed by atoms with Gasteiger partial charge in [-0.2, -0.15) is 0 Å². The number of nitrogens with zero attached hydrogens (tertiary/aromatic N) is 1. The van der Waals surface area contributed by atoms with Crippen LogP contribution in [-0.4, -0.2) is 23.8 Å². The lowest BCUT2D eigenvalue weighted by atomic mass is 9.95. The molecule has 1 fully saturated rings. The van der Waals surface area contributed by atoms with Crippen LogP contribution in [-0.2, 0) is 6.54 Å². The molecule has 2 aromatic rings. The van der Waals surface area contributed by atoms with E-state index in [1.807, 2.05) is 24.3 Å². The zero-order valence-electron chi connectivity index (χ0n) is 13.7. The predicted octanol–water partition coefficient (Wildman–Crippen LogP) is 5.10. The molecule has 0 spiro atoms. The van der Waals surface area contributed by atoms with Gasteiger partial charge < -0.3 is 0 Å². The standard InChI is InChI=1S/C21H22BrNO/c22-20-9-7-19(8-10-20)21(24)11-6-17-12-14-23(15-13-17)16-18-4-2-1-3-5-18/h1-11,17H,12-16H2/b11-6+. The Bertz CT molecular complexity index is 686. The molecule has 1 heterocycles. The minimum atomic E-state index is 0.0919. The topological polar surface area (TPSA) is 20.3 Å². The summed E-state index contributed by atoms with van der Waals surface area (Å²) in [6.45, 7) is 3.21. The van der Waals surface area contributed by atoms with Crippen LogP contribution in [0.1, 0.15) is 28.8 Å². The molecule has 0 N–H and O–H groups in total. The Balaban J connectivity index is 1.48. The first-order valence-electron chi connectivity index (χ1n) is 8.45. The van der Waals surface area contributed by atoms with Gasteiger partial charge in [0.2, 0.25) is 0 Å². The Hall–Kier alpha value is -1.71. The Kier molecular flexibility index (Phi) is 6.00. The highest BCUT2D eigenvalue weighted by molar-refractivity contribution is 9.10. The number of piperidine rings is 1. The molecule has 0 saturated carbocycles. The lowest BCUT2D eigenvalue weighted by molar-refractivity contribution is 0.104. The van der Waals surface area contributed by atoms with Gasteiger partial charge in [-0.15, -0.1) is 0 Å². The predicted molar refractivity (Wildman–Crippen MR) is 102 cm³/mol. The van der Waals surface area contributed by atoms with Crippen molar-refractivity contribution in [3.8, 4) is 0 Å². The molecule has 3 heteroatoms. The van der Waals surface area contributed by atoms with Crippen molar-refractivity contribution >= 4 is 21.7 Å². The van der Waals surface area contributed by atoms with Gasteiger partial charge in [-0.05, 0) is 67.8 Å². The number of ketones is 1. The van der Waals surface area contributed by atoms with E-state index in [0.717, 1.165) is 42.5 Å². The van der Waals surface area contributed by atoms with Crippen LogP contribution >= 0.6 is 15.9 Å². The summed E-state index contributed by atoms with van der Waals surface area (Å²) in [5.41, 5.74) is 2.12. The fraction of sp³-hybridized carbons (Fsp3) is 0.286. The molecule has 3 rings (SSSR count). The number of rotatable bonds is 5. The molecule has 24 heavy (non-hydrogen) atoms. The molecule has 0 aliphatic carbocycles. The van der Waals surface area contributed by atoms with Crippen LogP contribution in [0.3, 0.4) is 0 Å². The molecule has 0 atom stereocenters. The minimum Gasteiger partial charge on any atom is -0.299 e. The van der Waals surface area contributed by atoms with E-state index in [4.69, 9.17) is 0 Å². The summed E-state index contributed by atoms with van der Waals surface area (Å²) in [5.74, 6) is 0.602. The minimum absolute atomic E-state index is 0.0919. The van der Waals surface area contributed by atoms with Crippen LogP contribution in [0.4, 0.5) is 0 Å². The number of hydrogen-bond acceptors (Lipinski definition) is 2. The van der Waals surface area contributed by atoms with E-state index < -0.39 is 0 Å². The van der Waals surface area contributed by atoms with E-state index in [0.29, 0.717) is 5.92 Å². The maximum atomic E-state index is 12.2. The van der Waals surface area contributed by atoms with Gasteiger partial charge in [0.15, 0.2) is 5.78 Å². The van der Waals surface area contributed by atoms with Crippen LogP contribution in [0.2, 0.25) is 0 Å². The van der Waals surface area contributed by atoms with Gasteiger partial charge in [0, 0.05) is 16.6 Å². The van der Waals surface area contributed by atoms with Crippen molar-refractivity contribution in [2.75, 3.05) is 13.1 Å². The highest BCUT2D eigenvalue weighted by Gasteiger charge is 2.17. The SMILES string of the molecule is O=C(/C=C/C1CCN(Cc2ccccc2)CC1)c1ccc(Br)cc1. The molecule has 1 aliphatic heterocycles. The van der Waals surface area contributed by atoms with E-state index >= 15 is 0 Å². The second-order valence-electron chi connectivity index (χ2n) is 6.33. The molecule has 0 radical (unpaired) electrons. The van der Waals surface area contributed by atoms with Crippen molar-refractivity contribution < 1.29 is 4.79 Å². The summed E-state index contributed by atoms with van der Waals surface area (Å²) in [4.78, 5) is 14.7. The molecule has 0 amide bonds. The molecule has 0 unspecified atom stereocenters. The summed E-state index contributed by atoms with van der Waals surface area (Å²) in [6, 6.07) is 18.1. The van der Waals surface area contributed by atoms with Crippen LogP contribution in [0.25, 0.3) is 0 Å². The van der Waals surface area contributed by atoms with E-state index in [9.17, 15) is 4.79 Å². The molecular weight excluding hydrogens is 362 g/mol. The molecular formula is C21H22BrNO. The molecule has 1 aliphatic rings. The van der Waals surface area contributed by atoms with Crippen molar-refractivity contribution in [1.82, 2.24) is 4.90 Å². The summed E-state index contributed by atoms with van der Waals surface area (Å²) < 4.78 is 0.994. The Morgan fingerprint density at radius 1 is 1.04 bits per heavy atom. The van der Waals surface area contributed by atoms with Crippen LogP contribution in [0.15, 0.2) is 71.2 Å². The van der Waals surface area contributed by atoms with Crippen LogP contribution in [0.5, 0.6) is 0 Å². The van der Waals surface area contributed by atoms with Crippen molar-refractivity contribution in [3.05, 3.63) is 82.3 Å². The summed E-state index contributed by atoms with van der Waals surface area (Å²) in [6.07, 6.45) is 6.10. The number of hydrogen-bond donors (Lipinski definition) is 0. The van der Waals surface area contributed by atoms with Crippen molar-refractivity contribution in [2.24, 2.45) is 5.92 Å². The van der Waals surface area contributed by atoms with Gasteiger partial charge in [-0.25, -0.2) is 0 Å². The number of carbonyl (C=O) groups is 1. The first kappa shape index (κ1) is 17.1. The summed E-state index contributed by atoms with van der Waals surface area (Å²) >= 11 is 3.39. The monoisotopic (exact) mass is 383 g/mol. The lowest BCUT2D eigenvalue weighted by Gasteiger charge is -2.30. The molecule has 124 valence electrons. The number of allylic oxidation sites excluding steroid dienone is 2. The fourth-order valence-corrected chi connectivity index (χ4v) is 3.34. The highest BCUT2D eigenvalue weighted by atomic mass is 79.9. The van der Waals surface area contributed by atoms with E-state index in [1.165, 1.54) is 5.56 Å². The highest BCUT2D eigenvalue weighted by Crippen LogP contribution is 2.20. The number of carbonyl (C=O) groups excluding carboxylic acids is 1. The van der Waals surface area contributed by atoms with Gasteiger partial charge in [0.25, 0.3) is 0 Å². The summed E-state index contributed by atoms with van der Waals surface area (Å²) in [5, 5.41) is 0. The van der Waals surface area contributed by atoms with E-state index in [-0.39, 0.29) is 5.78 Å². The van der Waals surface area contributed by atoms with Gasteiger partial charge in [0.05, 0.1) is 0 Å². The van der Waals surface area contributed by atoms with Crippen molar-refractivity contribution in [2.45, 2.75) is 19.4 Å². The quantitative estimate of drug-likeness (QED) is 0.528. The third kappa shape index (κ3) is 4.89. The Morgan fingerprint density at radius 3 is 2.38 bits per heavy atom.